The first-order valence-corrected chi connectivity index (χ1v) is 3.56. The Balaban J connectivity index is 2.50. The van der Waals surface area contributed by atoms with Crippen molar-refractivity contribution in [3.8, 4) is 0 Å². The van der Waals surface area contributed by atoms with Gasteiger partial charge in [-0.3, -0.25) is 4.79 Å². The van der Waals surface area contributed by atoms with Gasteiger partial charge in [-0.1, -0.05) is 5.16 Å². The Labute approximate surface area is 69.4 Å². The van der Waals surface area contributed by atoms with Gasteiger partial charge in [0.25, 0.3) is 5.91 Å². The van der Waals surface area contributed by atoms with Crippen LogP contribution < -0.4 is 5.32 Å². The molecule has 66 valence electrons. The minimum atomic E-state index is -0.342. The molecule has 1 aromatic heterocycles. The molecule has 0 saturated heterocycles. The molecule has 0 spiro atoms. The number of nitrogens with zero attached hydrogens (tertiary/aromatic N) is 1. The van der Waals surface area contributed by atoms with Gasteiger partial charge in [0.15, 0.2) is 5.69 Å². The maximum atomic E-state index is 11.1. The lowest BCUT2D eigenvalue weighted by molar-refractivity contribution is 0.0913. The largest absolute Gasteiger partial charge is 0.394 e. The standard InChI is InChI=1S/C7H10N2O3/c1-5(4-10)8-7(11)6-2-3-12-9-6/h2-3,5,10H,4H2,1H3,(H,8,11). The first kappa shape index (κ1) is 8.73. The van der Waals surface area contributed by atoms with Crippen molar-refractivity contribution < 1.29 is 14.4 Å². The molecule has 1 amide bonds. The fourth-order valence-electron chi connectivity index (χ4n) is 0.673. The molecule has 0 fully saturated rings. The Morgan fingerprint density at radius 3 is 3.17 bits per heavy atom. The summed E-state index contributed by atoms with van der Waals surface area (Å²) in [5.41, 5.74) is 0.218. The van der Waals surface area contributed by atoms with Crippen molar-refractivity contribution in [1.82, 2.24) is 10.5 Å². The molecule has 2 N–H and O–H groups in total. The van der Waals surface area contributed by atoms with E-state index in [-0.39, 0.29) is 24.2 Å². The van der Waals surface area contributed by atoms with Crippen molar-refractivity contribution in [2.75, 3.05) is 6.61 Å². The molecule has 12 heavy (non-hydrogen) atoms. The maximum Gasteiger partial charge on any atom is 0.273 e. The van der Waals surface area contributed by atoms with Crippen LogP contribution in [0.5, 0.6) is 0 Å². The molecular weight excluding hydrogens is 160 g/mol. The molecule has 5 nitrogen and oxygen atoms in total. The molecule has 0 aliphatic rings. The van der Waals surface area contributed by atoms with E-state index in [1.807, 2.05) is 0 Å². The van der Waals surface area contributed by atoms with Gasteiger partial charge in [0.05, 0.1) is 6.61 Å². The van der Waals surface area contributed by atoms with Crippen LogP contribution >= 0.6 is 0 Å². The quantitative estimate of drug-likeness (QED) is 0.657. The average molecular weight is 170 g/mol. The number of hydrogen-bond acceptors (Lipinski definition) is 4. The zero-order valence-electron chi connectivity index (χ0n) is 6.65. The number of nitrogens with one attached hydrogen (secondary N) is 1. The number of aromatic nitrogens is 1. The smallest absolute Gasteiger partial charge is 0.273 e. The Bertz CT molecular complexity index is 245. The van der Waals surface area contributed by atoms with Crippen LogP contribution in [0.4, 0.5) is 0 Å². The van der Waals surface area contributed by atoms with Crippen molar-refractivity contribution in [3.63, 3.8) is 0 Å². The van der Waals surface area contributed by atoms with Crippen LogP contribution in [-0.4, -0.2) is 28.8 Å². The number of carbonyl (C=O) groups is 1. The summed E-state index contributed by atoms with van der Waals surface area (Å²) in [6.45, 7) is 1.60. The van der Waals surface area contributed by atoms with Gasteiger partial charge in [-0.2, -0.15) is 0 Å². The Morgan fingerprint density at radius 1 is 1.92 bits per heavy atom. The average Bonchev–Trinajstić information content (AvgIpc) is 2.56. The van der Waals surface area contributed by atoms with Crippen LogP contribution in [0.2, 0.25) is 0 Å². The zero-order valence-corrected chi connectivity index (χ0v) is 6.65. The second-order valence-corrected chi connectivity index (χ2v) is 2.44. The minimum Gasteiger partial charge on any atom is -0.394 e. The van der Waals surface area contributed by atoms with E-state index < -0.39 is 0 Å². The molecule has 1 heterocycles. The second kappa shape index (κ2) is 3.87. The number of aliphatic hydroxyl groups is 1. The molecule has 0 saturated carbocycles. The van der Waals surface area contributed by atoms with E-state index in [1.54, 1.807) is 6.92 Å². The normalized spacial score (nSPS) is 12.5. The minimum absolute atomic E-state index is 0.0937. The molecule has 0 aliphatic heterocycles. The summed E-state index contributed by atoms with van der Waals surface area (Å²) >= 11 is 0. The van der Waals surface area contributed by atoms with Crippen molar-refractivity contribution in [3.05, 3.63) is 18.0 Å². The van der Waals surface area contributed by atoms with Gasteiger partial charge in [-0.25, -0.2) is 0 Å². The Kier molecular flexibility index (Phi) is 2.82. The molecule has 0 aliphatic carbocycles. The number of amides is 1. The fraction of sp³-hybridized carbons (Fsp3) is 0.429. The summed E-state index contributed by atoms with van der Waals surface area (Å²) in [4.78, 5) is 11.1. The number of carbonyl (C=O) groups excluding carboxylic acids is 1. The lowest BCUT2D eigenvalue weighted by Gasteiger charge is -2.07. The molecule has 5 heteroatoms. The summed E-state index contributed by atoms with van der Waals surface area (Å²) in [6, 6.07) is 1.19. The summed E-state index contributed by atoms with van der Waals surface area (Å²) in [6.07, 6.45) is 1.32. The highest BCUT2D eigenvalue weighted by atomic mass is 16.5. The Morgan fingerprint density at radius 2 is 2.67 bits per heavy atom. The highest BCUT2D eigenvalue weighted by Gasteiger charge is 2.10. The lowest BCUT2D eigenvalue weighted by Crippen LogP contribution is -2.35. The van der Waals surface area contributed by atoms with E-state index in [0.717, 1.165) is 0 Å². The SMILES string of the molecule is CC(CO)NC(=O)c1ccon1. The monoisotopic (exact) mass is 170 g/mol. The lowest BCUT2D eigenvalue weighted by atomic mass is 10.3. The predicted molar refractivity (Wildman–Crippen MR) is 40.5 cm³/mol. The van der Waals surface area contributed by atoms with E-state index in [4.69, 9.17) is 5.11 Å². The topological polar surface area (TPSA) is 75.4 Å². The van der Waals surface area contributed by atoms with Gasteiger partial charge >= 0.3 is 0 Å². The van der Waals surface area contributed by atoms with E-state index in [2.05, 4.69) is 15.0 Å². The Hall–Kier alpha value is -1.36. The number of aliphatic hydroxyl groups excluding tert-OH is 1. The van der Waals surface area contributed by atoms with Gasteiger partial charge < -0.3 is 14.9 Å². The van der Waals surface area contributed by atoms with Crippen molar-refractivity contribution in [1.29, 1.82) is 0 Å². The van der Waals surface area contributed by atoms with Crippen molar-refractivity contribution in [2.45, 2.75) is 13.0 Å². The molecule has 0 aromatic carbocycles. The molecule has 0 bridgehead atoms. The molecule has 1 unspecified atom stereocenters. The third-order valence-electron chi connectivity index (χ3n) is 1.32. The molecule has 0 radical (unpaired) electrons. The highest BCUT2D eigenvalue weighted by Crippen LogP contribution is 1.94. The van der Waals surface area contributed by atoms with Gasteiger partial charge in [0.1, 0.15) is 6.26 Å². The highest BCUT2D eigenvalue weighted by molar-refractivity contribution is 5.92. The van der Waals surface area contributed by atoms with E-state index >= 15 is 0 Å². The van der Waals surface area contributed by atoms with Gasteiger partial charge in [-0.05, 0) is 6.92 Å². The second-order valence-electron chi connectivity index (χ2n) is 2.44. The maximum absolute atomic E-state index is 11.1. The van der Waals surface area contributed by atoms with Crippen molar-refractivity contribution in [2.24, 2.45) is 0 Å². The molecular formula is C7H10N2O3. The summed E-state index contributed by atoms with van der Waals surface area (Å²) < 4.78 is 4.48. The van der Waals surface area contributed by atoms with Crippen molar-refractivity contribution >= 4 is 5.91 Å². The summed E-state index contributed by atoms with van der Waals surface area (Å²) in [7, 11) is 0. The van der Waals surface area contributed by atoms with Crippen LogP contribution in [0.3, 0.4) is 0 Å². The first-order valence-electron chi connectivity index (χ1n) is 3.56. The van der Waals surface area contributed by atoms with Crippen LogP contribution in [-0.2, 0) is 0 Å². The van der Waals surface area contributed by atoms with E-state index in [0.29, 0.717) is 0 Å². The van der Waals surface area contributed by atoms with Gasteiger partial charge in [0.2, 0.25) is 0 Å². The number of hydrogen-bond donors (Lipinski definition) is 2. The van der Waals surface area contributed by atoms with Gasteiger partial charge in [0, 0.05) is 12.1 Å². The number of rotatable bonds is 3. The van der Waals surface area contributed by atoms with Crippen LogP contribution in [0.25, 0.3) is 0 Å². The van der Waals surface area contributed by atoms with E-state index in [9.17, 15) is 4.79 Å². The molecule has 1 aromatic rings. The fourth-order valence-corrected chi connectivity index (χ4v) is 0.673. The third-order valence-corrected chi connectivity index (χ3v) is 1.32. The third kappa shape index (κ3) is 2.06. The molecule has 1 atom stereocenters. The zero-order chi connectivity index (χ0) is 8.97. The summed E-state index contributed by atoms with van der Waals surface area (Å²) in [5, 5.41) is 14.6. The van der Waals surface area contributed by atoms with Crippen LogP contribution in [0.15, 0.2) is 16.9 Å². The van der Waals surface area contributed by atoms with Crippen LogP contribution in [0, 0.1) is 0 Å². The van der Waals surface area contributed by atoms with E-state index in [1.165, 1.54) is 12.3 Å². The first-order chi connectivity index (χ1) is 5.74. The van der Waals surface area contributed by atoms with Crippen LogP contribution in [0.1, 0.15) is 17.4 Å². The predicted octanol–water partition coefficient (Wildman–Crippen LogP) is -0.215. The summed E-state index contributed by atoms with van der Waals surface area (Å²) in [5.74, 6) is -0.342. The van der Waals surface area contributed by atoms with Gasteiger partial charge in [-0.15, -0.1) is 0 Å². The molecule has 1 rings (SSSR count).